The Morgan fingerprint density at radius 1 is 1.29 bits per heavy atom. The summed E-state index contributed by atoms with van der Waals surface area (Å²) >= 11 is 4.96. The van der Waals surface area contributed by atoms with Crippen LogP contribution >= 0.6 is 27.3 Å². The summed E-state index contributed by atoms with van der Waals surface area (Å²) in [5, 5.41) is 3.47. The van der Waals surface area contributed by atoms with E-state index in [9.17, 15) is 9.59 Å². The van der Waals surface area contributed by atoms with Gasteiger partial charge in [-0.25, -0.2) is 4.98 Å². The summed E-state index contributed by atoms with van der Waals surface area (Å²) in [5.74, 6) is 0.293. The largest absolute Gasteiger partial charge is 0.469 e. The summed E-state index contributed by atoms with van der Waals surface area (Å²) in [7, 11) is 1.40. The van der Waals surface area contributed by atoms with E-state index < -0.39 is 0 Å². The Morgan fingerprint density at radius 3 is 2.67 bits per heavy atom. The Hall–Kier alpha value is -0.950. The number of aromatic nitrogens is 1. The van der Waals surface area contributed by atoms with Crippen LogP contribution in [0.15, 0.2) is 3.79 Å². The van der Waals surface area contributed by atoms with Gasteiger partial charge in [0.2, 0.25) is 0 Å². The van der Waals surface area contributed by atoms with E-state index in [4.69, 9.17) is 4.74 Å². The molecule has 0 saturated heterocycles. The number of thiazole rings is 1. The Bertz CT molecular complexity index is 607. The van der Waals surface area contributed by atoms with Crippen molar-refractivity contribution in [3.8, 4) is 0 Å². The molecule has 2 aliphatic rings. The fourth-order valence-electron chi connectivity index (χ4n) is 3.56. The summed E-state index contributed by atoms with van der Waals surface area (Å²) < 4.78 is 5.69. The lowest BCUT2D eigenvalue weighted by molar-refractivity contribution is -0.149. The SMILES string of the molecule is COC(=O)[C@H]1C[C@H](NC(=O)c2nc(CC3CCCCC3)c(Br)s2)C1. The summed E-state index contributed by atoms with van der Waals surface area (Å²) in [6, 6.07) is 0.0473. The predicted octanol–water partition coefficient (Wildman–Crippen LogP) is 3.71. The highest BCUT2D eigenvalue weighted by Crippen LogP contribution is 2.33. The molecule has 2 saturated carbocycles. The summed E-state index contributed by atoms with van der Waals surface area (Å²) in [6.45, 7) is 0. The van der Waals surface area contributed by atoms with Crippen LogP contribution in [-0.2, 0) is 16.0 Å². The van der Waals surface area contributed by atoms with Gasteiger partial charge in [-0.1, -0.05) is 32.1 Å². The van der Waals surface area contributed by atoms with E-state index in [2.05, 4.69) is 26.2 Å². The number of carbonyl (C=O) groups excluding carboxylic acids is 2. The summed E-state index contributed by atoms with van der Waals surface area (Å²) in [6.07, 6.45) is 8.75. The second-order valence-corrected chi connectivity index (χ2v) is 9.13. The van der Waals surface area contributed by atoms with Gasteiger partial charge in [-0.15, -0.1) is 11.3 Å². The zero-order valence-electron chi connectivity index (χ0n) is 13.8. The molecule has 2 aliphatic carbocycles. The third-order valence-electron chi connectivity index (χ3n) is 5.06. The predicted molar refractivity (Wildman–Crippen MR) is 96.1 cm³/mol. The van der Waals surface area contributed by atoms with Gasteiger partial charge in [0, 0.05) is 6.04 Å². The number of carbonyl (C=O) groups is 2. The molecule has 0 bridgehead atoms. The van der Waals surface area contributed by atoms with Gasteiger partial charge in [0.05, 0.1) is 22.5 Å². The normalized spacial score (nSPS) is 24.2. The minimum atomic E-state index is -0.188. The molecule has 1 heterocycles. The van der Waals surface area contributed by atoms with E-state index in [0.29, 0.717) is 23.8 Å². The van der Waals surface area contributed by atoms with Gasteiger partial charge in [-0.2, -0.15) is 0 Å². The third-order valence-corrected chi connectivity index (χ3v) is 6.89. The molecule has 132 valence electrons. The van der Waals surface area contributed by atoms with Gasteiger partial charge in [-0.05, 0) is 41.1 Å². The van der Waals surface area contributed by atoms with E-state index in [1.54, 1.807) is 0 Å². The van der Waals surface area contributed by atoms with E-state index >= 15 is 0 Å². The highest BCUT2D eigenvalue weighted by atomic mass is 79.9. The zero-order valence-corrected chi connectivity index (χ0v) is 16.2. The number of hydrogen-bond acceptors (Lipinski definition) is 5. The van der Waals surface area contributed by atoms with E-state index in [1.165, 1.54) is 50.6 Å². The first kappa shape index (κ1) is 17.9. The Morgan fingerprint density at radius 2 is 2.00 bits per heavy atom. The van der Waals surface area contributed by atoms with Gasteiger partial charge in [0.25, 0.3) is 5.91 Å². The highest BCUT2D eigenvalue weighted by molar-refractivity contribution is 9.11. The van der Waals surface area contributed by atoms with E-state index in [0.717, 1.165) is 15.9 Å². The van der Waals surface area contributed by atoms with E-state index in [1.807, 2.05) is 0 Å². The number of methoxy groups -OCH3 is 1. The van der Waals surface area contributed by atoms with Crippen molar-refractivity contribution in [2.75, 3.05) is 7.11 Å². The molecule has 5 nitrogen and oxygen atoms in total. The maximum Gasteiger partial charge on any atom is 0.308 e. The average molecular weight is 415 g/mol. The molecular weight excluding hydrogens is 392 g/mol. The smallest absolute Gasteiger partial charge is 0.308 e. The number of amides is 1. The number of rotatable bonds is 5. The van der Waals surface area contributed by atoms with Crippen LogP contribution in [0.2, 0.25) is 0 Å². The standard InChI is InChI=1S/C17H23BrN2O3S/c1-23-17(22)11-8-12(9-11)19-15(21)16-20-13(14(18)24-16)7-10-5-3-2-4-6-10/h10-12H,2-9H2,1H3,(H,19,21)/t11-,12-. The fourth-order valence-corrected chi connectivity index (χ4v) is 5.00. The molecule has 0 aromatic carbocycles. The van der Waals surface area contributed by atoms with Crippen LogP contribution in [0.25, 0.3) is 0 Å². The minimum Gasteiger partial charge on any atom is -0.469 e. The molecule has 1 aromatic rings. The Kier molecular flexibility index (Phi) is 5.92. The maximum atomic E-state index is 12.4. The molecule has 7 heteroatoms. The molecule has 0 aliphatic heterocycles. The quantitative estimate of drug-likeness (QED) is 0.745. The lowest BCUT2D eigenvalue weighted by atomic mass is 9.80. The molecule has 3 rings (SSSR count). The second-order valence-electron chi connectivity index (χ2n) is 6.81. The molecule has 1 amide bonds. The summed E-state index contributed by atoms with van der Waals surface area (Å²) in [5.41, 5.74) is 1.01. The van der Waals surface area contributed by atoms with Gasteiger partial charge < -0.3 is 10.1 Å². The van der Waals surface area contributed by atoms with Gasteiger partial charge in [0.1, 0.15) is 0 Å². The number of hydrogen-bond donors (Lipinski definition) is 1. The lowest BCUT2D eigenvalue weighted by Crippen LogP contribution is -2.47. The van der Waals surface area contributed by atoms with Crippen molar-refractivity contribution in [1.29, 1.82) is 0 Å². The first-order valence-corrected chi connectivity index (χ1v) is 10.2. The van der Waals surface area contributed by atoms with Gasteiger partial charge in [0.15, 0.2) is 5.01 Å². The molecular formula is C17H23BrN2O3S. The molecule has 2 fully saturated rings. The van der Waals surface area contributed by atoms with Gasteiger partial charge in [-0.3, -0.25) is 9.59 Å². The van der Waals surface area contributed by atoms with Crippen LogP contribution < -0.4 is 5.32 Å². The van der Waals surface area contributed by atoms with Crippen LogP contribution in [0.3, 0.4) is 0 Å². The summed E-state index contributed by atoms with van der Waals surface area (Å²) in [4.78, 5) is 28.3. The first-order valence-electron chi connectivity index (χ1n) is 8.60. The van der Waals surface area contributed by atoms with Crippen LogP contribution in [-0.4, -0.2) is 30.0 Å². The van der Waals surface area contributed by atoms with Crippen molar-refractivity contribution >= 4 is 39.1 Å². The first-order chi connectivity index (χ1) is 11.6. The third kappa shape index (κ3) is 4.17. The van der Waals surface area contributed by atoms with Crippen LogP contribution in [0.1, 0.15) is 60.4 Å². The van der Waals surface area contributed by atoms with Crippen molar-refractivity contribution in [2.24, 2.45) is 11.8 Å². The molecule has 0 radical (unpaired) electrons. The zero-order chi connectivity index (χ0) is 17.1. The van der Waals surface area contributed by atoms with Crippen molar-refractivity contribution in [1.82, 2.24) is 10.3 Å². The van der Waals surface area contributed by atoms with Crippen molar-refractivity contribution in [3.63, 3.8) is 0 Å². The molecule has 0 atom stereocenters. The number of halogens is 1. The molecule has 1 N–H and O–H groups in total. The van der Waals surface area contributed by atoms with Crippen LogP contribution in [0.4, 0.5) is 0 Å². The molecule has 0 spiro atoms. The highest BCUT2D eigenvalue weighted by Gasteiger charge is 2.36. The molecule has 1 aromatic heterocycles. The number of ether oxygens (including phenoxy) is 1. The van der Waals surface area contributed by atoms with Crippen molar-refractivity contribution in [2.45, 2.75) is 57.4 Å². The average Bonchev–Trinajstić information content (AvgIpc) is 2.91. The van der Waals surface area contributed by atoms with E-state index in [-0.39, 0.29) is 23.8 Å². The van der Waals surface area contributed by atoms with Crippen molar-refractivity contribution in [3.05, 3.63) is 14.5 Å². The maximum absolute atomic E-state index is 12.4. The Balaban J connectivity index is 1.52. The number of esters is 1. The topological polar surface area (TPSA) is 68.3 Å². The molecule has 24 heavy (non-hydrogen) atoms. The lowest BCUT2D eigenvalue weighted by Gasteiger charge is -2.33. The number of nitrogens with zero attached hydrogens (tertiary/aromatic N) is 1. The fraction of sp³-hybridized carbons (Fsp3) is 0.706. The minimum absolute atomic E-state index is 0.0473. The number of nitrogens with one attached hydrogen (secondary N) is 1. The van der Waals surface area contributed by atoms with Gasteiger partial charge >= 0.3 is 5.97 Å². The van der Waals surface area contributed by atoms with Crippen LogP contribution in [0, 0.1) is 11.8 Å². The molecule has 0 unspecified atom stereocenters. The van der Waals surface area contributed by atoms with Crippen molar-refractivity contribution < 1.29 is 14.3 Å². The van der Waals surface area contributed by atoms with Crippen LogP contribution in [0.5, 0.6) is 0 Å². The monoisotopic (exact) mass is 414 g/mol. The second kappa shape index (κ2) is 7.95. The Labute approximate surface area is 154 Å².